The predicted molar refractivity (Wildman–Crippen MR) is 71.1 cm³/mol. The van der Waals surface area contributed by atoms with E-state index in [9.17, 15) is 0 Å². The molecule has 1 aliphatic rings. The maximum Gasteiger partial charge on any atom is 0.0208 e. The molecule has 1 atom stereocenters. The van der Waals surface area contributed by atoms with Gasteiger partial charge in [0.1, 0.15) is 0 Å². The van der Waals surface area contributed by atoms with Crippen LogP contribution in [0.15, 0.2) is 54.6 Å². The van der Waals surface area contributed by atoms with Gasteiger partial charge in [-0.2, -0.15) is 0 Å². The first kappa shape index (κ1) is 10.5. The molecular weight excluding hydrogens is 206 g/mol. The summed E-state index contributed by atoms with van der Waals surface area (Å²) in [6, 6.07) is 19.6. The highest BCUT2D eigenvalue weighted by molar-refractivity contribution is 5.38. The maximum absolute atomic E-state index is 3.50. The molecule has 1 unspecified atom stereocenters. The van der Waals surface area contributed by atoms with Gasteiger partial charge in [-0.1, -0.05) is 54.6 Å². The van der Waals surface area contributed by atoms with E-state index >= 15 is 0 Å². The molecule has 1 nitrogen and oxygen atoms in total. The normalized spacial score (nSPS) is 19.4. The van der Waals surface area contributed by atoms with E-state index < -0.39 is 0 Å². The Hall–Kier alpha value is -1.60. The summed E-state index contributed by atoms with van der Waals surface area (Å²) in [5, 5.41) is 3.50. The van der Waals surface area contributed by atoms with Gasteiger partial charge in [0.05, 0.1) is 0 Å². The molecule has 0 spiro atoms. The lowest BCUT2D eigenvalue weighted by atomic mass is 9.87. The molecule has 1 heterocycles. The van der Waals surface area contributed by atoms with Crippen LogP contribution in [0.5, 0.6) is 0 Å². The Morgan fingerprint density at radius 2 is 1.65 bits per heavy atom. The van der Waals surface area contributed by atoms with E-state index in [1.807, 2.05) is 0 Å². The van der Waals surface area contributed by atoms with E-state index in [1.165, 1.54) is 23.1 Å². The maximum atomic E-state index is 3.50. The Labute approximate surface area is 102 Å². The SMILES string of the molecule is c1ccc(C2CCNCc3ccccc32)cc1. The molecule has 0 aliphatic carbocycles. The fourth-order valence-electron chi connectivity index (χ4n) is 2.69. The third kappa shape index (κ3) is 2.11. The van der Waals surface area contributed by atoms with E-state index in [4.69, 9.17) is 0 Å². The predicted octanol–water partition coefficient (Wildman–Crippen LogP) is 3.31. The van der Waals surface area contributed by atoms with Gasteiger partial charge in [0.2, 0.25) is 0 Å². The molecule has 86 valence electrons. The lowest BCUT2D eigenvalue weighted by Gasteiger charge is -2.17. The summed E-state index contributed by atoms with van der Waals surface area (Å²) in [5.41, 5.74) is 4.37. The van der Waals surface area contributed by atoms with Crippen molar-refractivity contribution in [3.8, 4) is 0 Å². The second-order valence-electron chi connectivity index (χ2n) is 4.63. The van der Waals surface area contributed by atoms with E-state index in [0.717, 1.165) is 13.1 Å². The number of rotatable bonds is 1. The van der Waals surface area contributed by atoms with Crippen LogP contribution in [0, 0.1) is 0 Å². The van der Waals surface area contributed by atoms with Gasteiger partial charge in [0, 0.05) is 12.5 Å². The molecule has 0 fully saturated rings. The lowest BCUT2D eigenvalue weighted by Crippen LogP contribution is -2.12. The molecule has 0 radical (unpaired) electrons. The molecular formula is C16H17N. The van der Waals surface area contributed by atoms with Crippen molar-refractivity contribution < 1.29 is 0 Å². The largest absolute Gasteiger partial charge is 0.313 e. The van der Waals surface area contributed by atoms with Crippen molar-refractivity contribution in [1.29, 1.82) is 0 Å². The Bertz CT molecular complexity index is 490. The summed E-state index contributed by atoms with van der Waals surface area (Å²) in [7, 11) is 0. The minimum atomic E-state index is 0.544. The summed E-state index contributed by atoms with van der Waals surface area (Å²) < 4.78 is 0. The number of hydrogen-bond acceptors (Lipinski definition) is 1. The number of nitrogens with one attached hydrogen (secondary N) is 1. The zero-order valence-corrected chi connectivity index (χ0v) is 9.89. The van der Waals surface area contributed by atoms with Gasteiger partial charge < -0.3 is 5.32 Å². The molecule has 17 heavy (non-hydrogen) atoms. The quantitative estimate of drug-likeness (QED) is 0.782. The van der Waals surface area contributed by atoms with Gasteiger partial charge in [-0.15, -0.1) is 0 Å². The fraction of sp³-hybridized carbons (Fsp3) is 0.250. The molecule has 1 heteroatoms. The molecule has 0 aromatic heterocycles. The van der Waals surface area contributed by atoms with Crippen molar-refractivity contribution in [2.45, 2.75) is 18.9 Å². The lowest BCUT2D eigenvalue weighted by molar-refractivity contribution is 0.647. The van der Waals surface area contributed by atoms with Crippen LogP contribution in [0.4, 0.5) is 0 Å². The summed E-state index contributed by atoms with van der Waals surface area (Å²) in [5.74, 6) is 0.544. The molecule has 2 aromatic carbocycles. The highest BCUT2D eigenvalue weighted by atomic mass is 14.9. The van der Waals surface area contributed by atoms with Crippen molar-refractivity contribution in [3.05, 3.63) is 71.3 Å². The smallest absolute Gasteiger partial charge is 0.0208 e. The minimum absolute atomic E-state index is 0.544. The second kappa shape index (κ2) is 4.72. The number of hydrogen-bond donors (Lipinski definition) is 1. The molecule has 0 saturated heterocycles. The van der Waals surface area contributed by atoms with E-state index in [2.05, 4.69) is 59.9 Å². The van der Waals surface area contributed by atoms with E-state index in [-0.39, 0.29) is 0 Å². The van der Waals surface area contributed by atoms with Gasteiger partial charge in [0.15, 0.2) is 0 Å². The van der Waals surface area contributed by atoms with Crippen LogP contribution in [0.2, 0.25) is 0 Å². The summed E-state index contributed by atoms with van der Waals surface area (Å²) >= 11 is 0. The highest BCUT2D eigenvalue weighted by Gasteiger charge is 2.19. The van der Waals surface area contributed by atoms with E-state index in [1.54, 1.807) is 0 Å². The van der Waals surface area contributed by atoms with Crippen LogP contribution in [0.3, 0.4) is 0 Å². The van der Waals surface area contributed by atoms with Crippen LogP contribution >= 0.6 is 0 Å². The van der Waals surface area contributed by atoms with Gasteiger partial charge in [-0.25, -0.2) is 0 Å². The Balaban J connectivity index is 2.06. The van der Waals surface area contributed by atoms with Crippen molar-refractivity contribution in [2.75, 3.05) is 6.54 Å². The van der Waals surface area contributed by atoms with Gasteiger partial charge in [-0.05, 0) is 29.7 Å². The molecule has 0 saturated carbocycles. The molecule has 0 bridgehead atoms. The average molecular weight is 223 g/mol. The standard InChI is InChI=1S/C16H17N/c1-2-6-13(7-3-1)16-10-11-17-12-14-8-4-5-9-15(14)16/h1-9,16-17H,10-12H2. The second-order valence-corrected chi connectivity index (χ2v) is 4.63. The van der Waals surface area contributed by atoms with Crippen molar-refractivity contribution >= 4 is 0 Å². The molecule has 0 amide bonds. The third-order valence-corrected chi connectivity index (χ3v) is 3.56. The average Bonchev–Trinajstić information content (AvgIpc) is 2.62. The van der Waals surface area contributed by atoms with Crippen LogP contribution < -0.4 is 5.32 Å². The van der Waals surface area contributed by atoms with Gasteiger partial charge >= 0.3 is 0 Å². The molecule has 3 rings (SSSR count). The van der Waals surface area contributed by atoms with Crippen molar-refractivity contribution in [2.24, 2.45) is 0 Å². The van der Waals surface area contributed by atoms with Gasteiger partial charge in [-0.3, -0.25) is 0 Å². The van der Waals surface area contributed by atoms with Crippen LogP contribution in [0.25, 0.3) is 0 Å². The van der Waals surface area contributed by atoms with Crippen molar-refractivity contribution in [1.82, 2.24) is 5.32 Å². The Morgan fingerprint density at radius 1 is 0.882 bits per heavy atom. The van der Waals surface area contributed by atoms with Crippen LogP contribution in [0.1, 0.15) is 29.0 Å². The fourth-order valence-corrected chi connectivity index (χ4v) is 2.69. The monoisotopic (exact) mass is 223 g/mol. The zero-order chi connectivity index (χ0) is 11.5. The Kier molecular flexibility index (Phi) is 2.93. The van der Waals surface area contributed by atoms with Crippen LogP contribution in [-0.4, -0.2) is 6.54 Å². The summed E-state index contributed by atoms with van der Waals surface area (Å²) in [4.78, 5) is 0. The first-order valence-corrected chi connectivity index (χ1v) is 6.28. The summed E-state index contributed by atoms with van der Waals surface area (Å²) in [6.07, 6.45) is 1.18. The highest BCUT2D eigenvalue weighted by Crippen LogP contribution is 2.31. The number of fused-ring (bicyclic) bond motifs is 1. The third-order valence-electron chi connectivity index (χ3n) is 3.56. The number of benzene rings is 2. The zero-order valence-electron chi connectivity index (χ0n) is 9.89. The Morgan fingerprint density at radius 3 is 2.53 bits per heavy atom. The molecule has 2 aromatic rings. The van der Waals surface area contributed by atoms with E-state index in [0.29, 0.717) is 5.92 Å². The van der Waals surface area contributed by atoms with Crippen LogP contribution in [-0.2, 0) is 6.54 Å². The van der Waals surface area contributed by atoms with Gasteiger partial charge in [0.25, 0.3) is 0 Å². The first-order chi connectivity index (χ1) is 8.45. The van der Waals surface area contributed by atoms with Crippen molar-refractivity contribution in [3.63, 3.8) is 0 Å². The topological polar surface area (TPSA) is 12.0 Å². The molecule has 1 N–H and O–H groups in total. The minimum Gasteiger partial charge on any atom is -0.313 e. The molecule has 1 aliphatic heterocycles. The first-order valence-electron chi connectivity index (χ1n) is 6.28. The summed E-state index contributed by atoms with van der Waals surface area (Å²) in [6.45, 7) is 2.09.